The highest BCUT2D eigenvalue weighted by Gasteiger charge is 2.17. The van der Waals surface area contributed by atoms with Gasteiger partial charge in [0.25, 0.3) is 17.2 Å². The summed E-state index contributed by atoms with van der Waals surface area (Å²) in [6.07, 6.45) is 0. The minimum atomic E-state index is -0.607. The number of hydrogen-bond acceptors (Lipinski definition) is 5. The molecule has 0 bridgehead atoms. The van der Waals surface area contributed by atoms with Gasteiger partial charge in [-0.15, -0.1) is 0 Å². The molecule has 0 saturated heterocycles. The number of nitro benzene ring substituents is 1. The molecule has 0 aliphatic rings. The van der Waals surface area contributed by atoms with Crippen molar-refractivity contribution in [1.82, 2.24) is 9.55 Å². The van der Waals surface area contributed by atoms with E-state index in [1.54, 1.807) is 49.4 Å². The van der Waals surface area contributed by atoms with Crippen LogP contribution in [0.25, 0.3) is 16.6 Å². The van der Waals surface area contributed by atoms with Gasteiger partial charge in [0.2, 0.25) is 0 Å². The van der Waals surface area contributed by atoms with Crippen molar-refractivity contribution in [2.24, 2.45) is 0 Å². The standard InChI is InChI=1S/C22H14Cl2N4O4/c1-12-25-19-5-3-2-4-16(19)22(30)27(12)13-7-9-17(23)20(11-13)26-21(29)15-8-6-14(28(31)32)10-18(15)24/h2-11H,1H3,(H,26,29). The minimum Gasteiger partial charge on any atom is -0.321 e. The van der Waals surface area contributed by atoms with E-state index in [4.69, 9.17) is 23.2 Å². The van der Waals surface area contributed by atoms with Crippen LogP contribution in [0.3, 0.4) is 0 Å². The van der Waals surface area contributed by atoms with Gasteiger partial charge in [0, 0.05) is 12.1 Å². The Morgan fingerprint density at radius 3 is 2.53 bits per heavy atom. The molecule has 0 spiro atoms. The number of fused-ring (bicyclic) bond motifs is 1. The minimum absolute atomic E-state index is 0.0412. The lowest BCUT2D eigenvalue weighted by atomic mass is 10.1. The first-order chi connectivity index (χ1) is 15.3. The molecule has 1 heterocycles. The second-order valence-corrected chi connectivity index (χ2v) is 7.67. The number of nitrogens with zero attached hydrogens (tertiary/aromatic N) is 3. The fourth-order valence-corrected chi connectivity index (χ4v) is 3.71. The van der Waals surface area contributed by atoms with E-state index < -0.39 is 10.8 Å². The van der Waals surface area contributed by atoms with E-state index >= 15 is 0 Å². The summed E-state index contributed by atoms with van der Waals surface area (Å²) in [5, 5.41) is 14.1. The zero-order valence-corrected chi connectivity index (χ0v) is 18.0. The van der Waals surface area contributed by atoms with Gasteiger partial charge in [-0.25, -0.2) is 4.98 Å². The molecule has 32 heavy (non-hydrogen) atoms. The summed E-state index contributed by atoms with van der Waals surface area (Å²) in [5.41, 5.74) is 0.834. The number of aromatic nitrogens is 2. The lowest BCUT2D eigenvalue weighted by Crippen LogP contribution is -2.22. The predicted octanol–water partition coefficient (Wildman–Crippen LogP) is 5.16. The van der Waals surface area contributed by atoms with Crippen LogP contribution in [0.2, 0.25) is 10.0 Å². The molecule has 0 saturated carbocycles. The molecule has 10 heteroatoms. The number of carbonyl (C=O) groups is 1. The second-order valence-electron chi connectivity index (χ2n) is 6.86. The summed E-state index contributed by atoms with van der Waals surface area (Å²) in [4.78, 5) is 40.5. The maximum Gasteiger partial charge on any atom is 0.270 e. The van der Waals surface area contributed by atoms with Crippen molar-refractivity contribution >= 4 is 51.4 Å². The molecule has 4 rings (SSSR count). The topological polar surface area (TPSA) is 107 Å². The third-order valence-corrected chi connectivity index (χ3v) is 5.45. The average Bonchev–Trinajstić information content (AvgIpc) is 2.75. The fraction of sp³-hybridized carbons (Fsp3) is 0.0455. The van der Waals surface area contributed by atoms with Crippen LogP contribution in [-0.4, -0.2) is 20.4 Å². The molecule has 1 N–H and O–H groups in total. The Hall–Kier alpha value is -3.75. The van der Waals surface area contributed by atoms with Crippen molar-refractivity contribution in [2.45, 2.75) is 6.92 Å². The number of para-hydroxylation sites is 1. The van der Waals surface area contributed by atoms with E-state index in [1.165, 1.54) is 16.7 Å². The highest BCUT2D eigenvalue weighted by Crippen LogP contribution is 2.28. The van der Waals surface area contributed by atoms with Crippen LogP contribution in [-0.2, 0) is 0 Å². The third-order valence-electron chi connectivity index (χ3n) is 4.81. The molecular formula is C22H14Cl2N4O4. The number of hydrogen-bond donors (Lipinski definition) is 1. The molecule has 8 nitrogen and oxygen atoms in total. The number of non-ortho nitro benzene ring substituents is 1. The molecule has 0 aliphatic heterocycles. The highest BCUT2D eigenvalue weighted by molar-refractivity contribution is 6.36. The van der Waals surface area contributed by atoms with E-state index in [1.807, 2.05) is 0 Å². The number of benzene rings is 3. The molecule has 0 atom stereocenters. The summed E-state index contributed by atoms with van der Waals surface area (Å²) in [7, 11) is 0. The van der Waals surface area contributed by atoms with Gasteiger partial charge in [-0.3, -0.25) is 24.3 Å². The van der Waals surface area contributed by atoms with Gasteiger partial charge in [0.15, 0.2) is 0 Å². The smallest absolute Gasteiger partial charge is 0.270 e. The lowest BCUT2D eigenvalue weighted by molar-refractivity contribution is -0.384. The van der Waals surface area contributed by atoms with Crippen molar-refractivity contribution < 1.29 is 9.72 Å². The van der Waals surface area contributed by atoms with Crippen LogP contribution in [0.5, 0.6) is 0 Å². The van der Waals surface area contributed by atoms with E-state index in [2.05, 4.69) is 10.3 Å². The zero-order chi connectivity index (χ0) is 23.0. The molecule has 1 amide bonds. The summed E-state index contributed by atoms with van der Waals surface area (Å²) >= 11 is 12.3. The van der Waals surface area contributed by atoms with Crippen LogP contribution in [0.4, 0.5) is 11.4 Å². The predicted molar refractivity (Wildman–Crippen MR) is 123 cm³/mol. The van der Waals surface area contributed by atoms with Crippen LogP contribution >= 0.6 is 23.2 Å². The first-order valence-electron chi connectivity index (χ1n) is 9.30. The van der Waals surface area contributed by atoms with Crippen LogP contribution < -0.4 is 10.9 Å². The molecule has 160 valence electrons. The average molecular weight is 469 g/mol. The van der Waals surface area contributed by atoms with Crippen molar-refractivity contribution in [3.63, 3.8) is 0 Å². The van der Waals surface area contributed by atoms with E-state index in [0.717, 1.165) is 6.07 Å². The Bertz CT molecular complexity index is 1470. The van der Waals surface area contributed by atoms with Gasteiger partial charge in [-0.1, -0.05) is 35.3 Å². The number of aryl methyl sites for hydroxylation is 1. The fourth-order valence-electron chi connectivity index (χ4n) is 3.29. The summed E-state index contributed by atoms with van der Waals surface area (Å²) in [5.74, 6) is -0.142. The number of carbonyl (C=O) groups excluding carboxylic acids is 1. The van der Waals surface area contributed by atoms with Gasteiger partial charge in [-0.05, 0) is 43.3 Å². The highest BCUT2D eigenvalue weighted by atomic mass is 35.5. The normalized spacial score (nSPS) is 10.8. The zero-order valence-electron chi connectivity index (χ0n) is 16.5. The first kappa shape index (κ1) is 21.5. The number of halogens is 2. The summed E-state index contributed by atoms with van der Waals surface area (Å²) < 4.78 is 1.42. The van der Waals surface area contributed by atoms with Crippen LogP contribution in [0.1, 0.15) is 16.2 Å². The SMILES string of the molecule is Cc1nc2ccccc2c(=O)n1-c1ccc(Cl)c(NC(=O)c2ccc([N+](=O)[O-])cc2Cl)c1. The first-order valence-corrected chi connectivity index (χ1v) is 10.1. The quantitative estimate of drug-likeness (QED) is 0.328. The van der Waals surface area contributed by atoms with E-state index in [9.17, 15) is 19.7 Å². The maximum absolute atomic E-state index is 13.1. The van der Waals surface area contributed by atoms with Crippen molar-refractivity contribution in [3.8, 4) is 5.69 Å². The molecule has 3 aromatic carbocycles. The van der Waals surface area contributed by atoms with Crippen molar-refractivity contribution in [3.05, 3.63) is 103 Å². The number of rotatable bonds is 4. The van der Waals surface area contributed by atoms with Gasteiger partial charge >= 0.3 is 0 Å². The van der Waals surface area contributed by atoms with Crippen molar-refractivity contribution in [2.75, 3.05) is 5.32 Å². The third kappa shape index (κ3) is 3.93. The van der Waals surface area contributed by atoms with Crippen molar-refractivity contribution in [1.29, 1.82) is 0 Å². The Morgan fingerprint density at radius 2 is 1.81 bits per heavy atom. The number of nitro groups is 1. The Labute approximate surface area is 191 Å². The van der Waals surface area contributed by atoms with Crippen LogP contribution in [0, 0.1) is 17.0 Å². The molecule has 0 unspecified atom stereocenters. The summed E-state index contributed by atoms with van der Waals surface area (Å²) in [6.45, 7) is 1.71. The Kier molecular flexibility index (Phi) is 5.65. The molecule has 0 radical (unpaired) electrons. The monoisotopic (exact) mass is 468 g/mol. The molecule has 4 aromatic rings. The van der Waals surface area contributed by atoms with Gasteiger partial charge in [0.1, 0.15) is 5.82 Å². The number of amides is 1. The molecule has 1 aromatic heterocycles. The van der Waals surface area contributed by atoms with Crippen LogP contribution in [0.15, 0.2) is 65.5 Å². The number of anilines is 1. The molecule has 0 fully saturated rings. The van der Waals surface area contributed by atoms with Gasteiger partial charge < -0.3 is 5.32 Å². The number of nitrogens with one attached hydrogen (secondary N) is 1. The lowest BCUT2D eigenvalue weighted by Gasteiger charge is -2.14. The second kappa shape index (κ2) is 8.41. The Morgan fingerprint density at radius 1 is 1.06 bits per heavy atom. The largest absolute Gasteiger partial charge is 0.321 e. The Balaban J connectivity index is 1.73. The summed E-state index contributed by atoms with van der Waals surface area (Å²) in [6, 6.07) is 15.3. The van der Waals surface area contributed by atoms with Gasteiger partial charge in [-0.2, -0.15) is 0 Å². The molecule has 0 aliphatic carbocycles. The van der Waals surface area contributed by atoms with E-state index in [-0.39, 0.29) is 32.5 Å². The maximum atomic E-state index is 13.1. The van der Waals surface area contributed by atoms with Gasteiger partial charge in [0.05, 0.1) is 42.8 Å². The van der Waals surface area contributed by atoms with E-state index in [0.29, 0.717) is 22.4 Å². The molecular weight excluding hydrogens is 455 g/mol.